The van der Waals surface area contributed by atoms with Gasteiger partial charge in [0.2, 0.25) is 5.91 Å². The molecule has 0 radical (unpaired) electrons. The van der Waals surface area contributed by atoms with Crippen LogP contribution in [0.4, 0.5) is 0 Å². The zero-order valence-corrected chi connectivity index (χ0v) is 19.1. The van der Waals surface area contributed by atoms with E-state index in [0.29, 0.717) is 39.9 Å². The molecule has 2 heterocycles. The van der Waals surface area contributed by atoms with Crippen LogP contribution in [0.3, 0.4) is 0 Å². The molecule has 8 nitrogen and oxygen atoms in total. The Balaban J connectivity index is 2.10. The van der Waals surface area contributed by atoms with E-state index in [1.807, 2.05) is 13.8 Å². The van der Waals surface area contributed by atoms with Gasteiger partial charge in [-0.3, -0.25) is 14.5 Å². The number of methoxy groups -OCH3 is 1. The molecule has 166 valence electrons. The van der Waals surface area contributed by atoms with E-state index >= 15 is 0 Å². The van der Waals surface area contributed by atoms with Crippen molar-refractivity contribution >= 4 is 34.8 Å². The molecule has 2 aliphatic heterocycles. The highest BCUT2D eigenvalue weighted by molar-refractivity contribution is 8.14. The number of ether oxygens (including phenoxy) is 3. The Morgan fingerprint density at radius 2 is 2.03 bits per heavy atom. The average Bonchev–Trinajstić information content (AvgIpc) is 2.71. The molecular formula is C22H26N2O6S. The van der Waals surface area contributed by atoms with Crippen LogP contribution in [-0.4, -0.2) is 47.4 Å². The number of esters is 2. The number of carbonyl (C=O) groups excluding carboxylic acids is 3. The first-order valence-corrected chi connectivity index (χ1v) is 11.0. The third-order valence-corrected chi connectivity index (χ3v) is 5.69. The molecule has 1 saturated heterocycles. The molecule has 0 spiro atoms. The number of amides is 1. The van der Waals surface area contributed by atoms with Gasteiger partial charge >= 0.3 is 11.9 Å². The van der Waals surface area contributed by atoms with Crippen molar-refractivity contribution in [3.05, 3.63) is 35.0 Å². The molecule has 1 aromatic rings. The molecule has 0 saturated carbocycles. The first-order valence-electron chi connectivity index (χ1n) is 10.0. The van der Waals surface area contributed by atoms with Crippen molar-refractivity contribution in [2.75, 3.05) is 19.5 Å². The van der Waals surface area contributed by atoms with E-state index in [4.69, 9.17) is 14.2 Å². The van der Waals surface area contributed by atoms with Gasteiger partial charge in [0, 0.05) is 19.1 Å². The normalized spacial score (nSPS) is 18.5. The molecule has 31 heavy (non-hydrogen) atoms. The summed E-state index contributed by atoms with van der Waals surface area (Å²) < 4.78 is 16.1. The number of hydrogen-bond donors (Lipinski definition) is 0. The summed E-state index contributed by atoms with van der Waals surface area (Å²) >= 11 is 1.47. The minimum atomic E-state index is -0.715. The molecule has 1 amide bonds. The number of rotatable bonds is 6. The molecule has 0 aliphatic carbocycles. The molecule has 2 aliphatic rings. The van der Waals surface area contributed by atoms with Crippen LogP contribution < -0.4 is 9.47 Å². The van der Waals surface area contributed by atoms with Crippen LogP contribution in [0.2, 0.25) is 0 Å². The number of amidine groups is 1. The van der Waals surface area contributed by atoms with Gasteiger partial charge in [-0.25, -0.2) is 9.79 Å². The molecule has 1 aromatic carbocycles. The van der Waals surface area contributed by atoms with Crippen LogP contribution in [0.25, 0.3) is 0 Å². The van der Waals surface area contributed by atoms with Crippen LogP contribution in [0.15, 0.2) is 34.5 Å². The second-order valence-electron chi connectivity index (χ2n) is 7.65. The van der Waals surface area contributed by atoms with Gasteiger partial charge in [0.05, 0.1) is 31.0 Å². The van der Waals surface area contributed by atoms with Gasteiger partial charge in [0.1, 0.15) is 0 Å². The largest absolute Gasteiger partial charge is 0.493 e. The number of aliphatic imine (C=N–C) groups is 1. The zero-order valence-electron chi connectivity index (χ0n) is 18.3. The van der Waals surface area contributed by atoms with Crippen LogP contribution in [0, 0.1) is 5.92 Å². The molecule has 9 heteroatoms. The number of hydrogen-bond acceptors (Lipinski definition) is 8. The minimum Gasteiger partial charge on any atom is -0.493 e. The van der Waals surface area contributed by atoms with E-state index in [1.54, 1.807) is 30.0 Å². The molecule has 3 rings (SSSR count). The monoisotopic (exact) mass is 446 g/mol. The summed E-state index contributed by atoms with van der Waals surface area (Å²) in [5.41, 5.74) is 1.45. The second kappa shape index (κ2) is 9.55. The summed E-state index contributed by atoms with van der Waals surface area (Å²) in [6.07, 6.45) is 0.343. The van der Waals surface area contributed by atoms with Crippen molar-refractivity contribution in [2.24, 2.45) is 10.9 Å². The first kappa shape index (κ1) is 22.9. The van der Waals surface area contributed by atoms with E-state index in [-0.39, 0.29) is 24.2 Å². The number of benzene rings is 1. The van der Waals surface area contributed by atoms with Gasteiger partial charge in [0.15, 0.2) is 16.7 Å². The van der Waals surface area contributed by atoms with E-state index in [0.717, 1.165) is 0 Å². The van der Waals surface area contributed by atoms with Crippen LogP contribution in [0.5, 0.6) is 11.5 Å². The van der Waals surface area contributed by atoms with E-state index in [2.05, 4.69) is 4.99 Å². The fourth-order valence-corrected chi connectivity index (χ4v) is 4.39. The molecule has 0 unspecified atom stereocenters. The summed E-state index contributed by atoms with van der Waals surface area (Å²) in [5.74, 6) is 0.276. The molecule has 1 atom stereocenters. The van der Waals surface area contributed by atoms with Gasteiger partial charge in [0.25, 0.3) is 0 Å². The predicted octanol–water partition coefficient (Wildman–Crippen LogP) is 3.47. The maximum absolute atomic E-state index is 13.1. The number of fused-ring (bicyclic) bond motifs is 1. The van der Waals surface area contributed by atoms with Crippen molar-refractivity contribution in [3.8, 4) is 11.5 Å². The van der Waals surface area contributed by atoms with Gasteiger partial charge in [-0.2, -0.15) is 0 Å². The van der Waals surface area contributed by atoms with Crippen molar-refractivity contribution in [3.63, 3.8) is 0 Å². The summed E-state index contributed by atoms with van der Waals surface area (Å²) in [4.78, 5) is 43.4. The summed E-state index contributed by atoms with van der Waals surface area (Å²) in [6, 6.07) is 4.26. The van der Waals surface area contributed by atoms with Crippen molar-refractivity contribution in [1.82, 2.24) is 4.90 Å². The van der Waals surface area contributed by atoms with Crippen LogP contribution in [-0.2, 0) is 19.1 Å². The highest BCUT2D eigenvalue weighted by atomic mass is 32.2. The Hall–Kier alpha value is -2.81. The standard InChI is InChI=1S/C22H26N2O6S/c1-12(2)11-29-21(27)19-13(3)23-22-24(18(26)8-9-31-22)20(19)15-6-7-16(30-14(4)25)17(10-15)28-5/h6-7,10,12,20H,8-9,11H2,1-5H3/t20-/m1/s1. The summed E-state index contributed by atoms with van der Waals surface area (Å²) in [7, 11) is 1.46. The fraction of sp³-hybridized carbons (Fsp3) is 0.455. The van der Waals surface area contributed by atoms with Crippen LogP contribution in [0.1, 0.15) is 45.7 Å². The highest BCUT2D eigenvalue weighted by Gasteiger charge is 2.42. The third kappa shape index (κ3) is 4.92. The lowest BCUT2D eigenvalue weighted by atomic mass is 9.93. The number of thioether (sulfide) groups is 1. The average molecular weight is 447 g/mol. The smallest absolute Gasteiger partial charge is 0.338 e. The predicted molar refractivity (Wildman–Crippen MR) is 117 cm³/mol. The number of carbonyl (C=O) groups is 3. The Labute approximate surface area is 185 Å². The maximum atomic E-state index is 13.1. The molecule has 0 N–H and O–H groups in total. The van der Waals surface area contributed by atoms with Crippen molar-refractivity contribution < 1.29 is 28.6 Å². The molecule has 0 bridgehead atoms. The highest BCUT2D eigenvalue weighted by Crippen LogP contribution is 2.42. The van der Waals surface area contributed by atoms with Crippen molar-refractivity contribution in [1.29, 1.82) is 0 Å². The Morgan fingerprint density at radius 1 is 1.29 bits per heavy atom. The molecule has 0 aromatic heterocycles. The van der Waals surface area contributed by atoms with E-state index in [9.17, 15) is 14.4 Å². The van der Waals surface area contributed by atoms with E-state index in [1.165, 1.54) is 25.8 Å². The SMILES string of the molecule is COc1cc([C@@H]2C(C(=O)OCC(C)C)=C(C)N=C3SCCC(=O)N32)ccc1OC(C)=O. The van der Waals surface area contributed by atoms with Crippen LogP contribution >= 0.6 is 11.8 Å². The lowest BCUT2D eigenvalue weighted by Crippen LogP contribution is -2.45. The number of allylic oxidation sites excluding steroid dienone is 1. The van der Waals surface area contributed by atoms with Gasteiger partial charge in [-0.05, 0) is 30.5 Å². The Bertz CT molecular complexity index is 969. The van der Waals surface area contributed by atoms with Gasteiger partial charge < -0.3 is 14.2 Å². The lowest BCUT2D eigenvalue weighted by Gasteiger charge is -2.39. The summed E-state index contributed by atoms with van der Waals surface area (Å²) in [6.45, 7) is 7.21. The summed E-state index contributed by atoms with van der Waals surface area (Å²) in [5, 5.41) is 0.558. The third-order valence-electron chi connectivity index (χ3n) is 4.73. The Morgan fingerprint density at radius 3 is 2.68 bits per heavy atom. The lowest BCUT2D eigenvalue weighted by molar-refractivity contribution is -0.141. The van der Waals surface area contributed by atoms with E-state index < -0.39 is 18.0 Å². The first-order chi connectivity index (χ1) is 14.7. The van der Waals surface area contributed by atoms with Gasteiger partial charge in [-0.1, -0.05) is 31.7 Å². The maximum Gasteiger partial charge on any atom is 0.338 e. The van der Waals surface area contributed by atoms with Crippen molar-refractivity contribution in [2.45, 2.75) is 40.2 Å². The quantitative estimate of drug-likeness (QED) is 0.488. The topological polar surface area (TPSA) is 94.5 Å². The number of nitrogens with zero attached hydrogens (tertiary/aromatic N) is 2. The minimum absolute atomic E-state index is 0.118. The molecule has 1 fully saturated rings. The molecular weight excluding hydrogens is 420 g/mol. The second-order valence-corrected chi connectivity index (χ2v) is 8.72. The fourth-order valence-electron chi connectivity index (χ4n) is 3.39. The zero-order chi connectivity index (χ0) is 22.7. The Kier molecular flexibility index (Phi) is 7.04. The van der Waals surface area contributed by atoms with Gasteiger partial charge in [-0.15, -0.1) is 0 Å².